The third-order valence-electron chi connectivity index (χ3n) is 5.73. The summed E-state index contributed by atoms with van der Waals surface area (Å²) in [6.45, 7) is 6.51. The molecule has 4 heterocycles. The monoisotopic (exact) mass is 399 g/mol. The summed E-state index contributed by atoms with van der Waals surface area (Å²) < 4.78 is 2.34. The van der Waals surface area contributed by atoms with Gasteiger partial charge in [0.05, 0.1) is 18.1 Å². The summed E-state index contributed by atoms with van der Waals surface area (Å²) in [5, 5.41) is 22.3. The fourth-order valence-corrected chi connectivity index (χ4v) is 6.94. The Hall–Kier alpha value is -0.740. The molecule has 0 spiro atoms. The highest BCUT2D eigenvalue weighted by Gasteiger charge is 2.60. The zero-order valence-corrected chi connectivity index (χ0v) is 16.6. The molecule has 26 heavy (non-hydrogen) atoms. The van der Waals surface area contributed by atoms with Crippen LogP contribution in [0.3, 0.4) is 0 Å². The molecule has 2 N–H and O–H groups in total. The molecule has 4 aliphatic rings. The Balaban J connectivity index is 1.44. The third-order valence-corrected chi connectivity index (χ3v) is 8.37. The molecule has 0 bridgehead atoms. The van der Waals surface area contributed by atoms with E-state index in [-0.39, 0.29) is 23.6 Å². The lowest BCUT2D eigenvalue weighted by Crippen LogP contribution is -2.63. The number of aliphatic carboxylic acids is 1. The first-order valence-electron chi connectivity index (χ1n) is 9.20. The maximum atomic E-state index is 12.4. The van der Waals surface area contributed by atoms with Crippen LogP contribution in [0.1, 0.15) is 26.7 Å². The van der Waals surface area contributed by atoms with Crippen molar-refractivity contribution in [2.45, 2.75) is 44.1 Å². The Bertz CT molecular complexity index is 644. The van der Waals surface area contributed by atoms with Gasteiger partial charge in [0.25, 0.3) is 0 Å². The minimum Gasteiger partial charge on any atom is -0.477 e. The Labute approximate surface area is 161 Å². The Morgan fingerprint density at radius 3 is 2.65 bits per heavy atom. The molecule has 4 atom stereocenters. The van der Waals surface area contributed by atoms with E-state index < -0.39 is 18.0 Å². The van der Waals surface area contributed by atoms with E-state index in [1.807, 2.05) is 18.9 Å². The lowest BCUT2D eigenvalue weighted by atomic mass is 9.79. The summed E-state index contributed by atoms with van der Waals surface area (Å²) in [5.74, 6) is -0.659. The summed E-state index contributed by atoms with van der Waals surface area (Å²) in [7, 11) is 0. The number of hydrogen-bond acceptors (Lipinski definition) is 7. The number of aliphatic hydroxyl groups is 1. The highest BCUT2D eigenvalue weighted by molar-refractivity contribution is 8.03. The summed E-state index contributed by atoms with van der Waals surface area (Å²) in [6.07, 6.45) is 1.75. The highest BCUT2D eigenvalue weighted by atomic mass is 32.2. The second-order valence-electron chi connectivity index (χ2n) is 7.50. The molecule has 3 fully saturated rings. The zero-order valence-electron chi connectivity index (χ0n) is 15.0. The minimum absolute atomic E-state index is 0.0400. The van der Waals surface area contributed by atoms with Crippen LogP contribution in [-0.2, 0) is 9.59 Å². The summed E-state index contributed by atoms with van der Waals surface area (Å²) in [5.41, 5.74) is 0.139. The van der Waals surface area contributed by atoms with Crippen LogP contribution in [0, 0.1) is 11.8 Å². The number of aliphatic hydroxyl groups excluding tert-OH is 1. The van der Waals surface area contributed by atoms with Crippen molar-refractivity contribution in [2.75, 3.05) is 25.4 Å². The molecular formula is C17H25N3O4S2. The average molecular weight is 400 g/mol. The number of carboxylic acids is 1. The van der Waals surface area contributed by atoms with E-state index in [1.54, 1.807) is 18.7 Å². The van der Waals surface area contributed by atoms with Gasteiger partial charge in [-0.15, -0.1) is 11.8 Å². The molecule has 0 aromatic rings. The van der Waals surface area contributed by atoms with E-state index in [4.69, 9.17) is 0 Å². The van der Waals surface area contributed by atoms with Crippen molar-refractivity contribution in [3.8, 4) is 0 Å². The van der Waals surface area contributed by atoms with E-state index >= 15 is 0 Å². The minimum atomic E-state index is -1.04. The molecule has 0 saturated carbocycles. The quantitative estimate of drug-likeness (QED) is 0.527. The van der Waals surface area contributed by atoms with Crippen LogP contribution < -0.4 is 0 Å². The first-order valence-corrected chi connectivity index (χ1v) is 11.0. The normalized spacial score (nSPS) is 34.5. The van der Waals surface area contributed by atoms with Crippen molar-refractivity contribution >= 4 is 35.6 Å². The maximum Gasteiger partial charge on any atom is 0.353 e. The van der Waals surface area contributed by atoms with Gasteiger partial charge in [-0.2, -0.15) is 4.41 Å². The molecule has 0 aromatic heterocycles. The highest BCUT2D eigenvalue weighted by Crippen LogP contribution is 2.52. The van der Waals surface area contributed by atoms with Crippen LogP contribution in [-0.4, -0.2) is 79.2 Å². The average Bonchev–Trinajstić information content (AvgIpc) is 2.80. The number of nitrogens with zero attached hydrogens (tertiary/aromatic N) is 3. The Morgan fingerprint density at radius 1 is 1.35 bits per heavy atom. The van der Waals surface area contributed by atoms with Crippen LogP contribution in [0.5, 0.6) is 0 Å². The van der Waals surface area contributed by atoms with Crippen LogP contribution in [0.25, 0.3) is 0 Å². The second kappa shape index (κ2) is 7.01. The number of carbonyl (C=O) groups excluding carboxylic acids is 1. The van der Waals surface area contributed by atoms with Crippen molar-refractivity contribution in [3.05, 3.63) is 10.6 Å². The molecule has 3 saturated heterocycles. The third kappa shape index (κ3) is 2.88. The number of β-lactam (4-membered cyclic amide) rings is 1. The van der Waals surface area contributed by atoms with Crippen LogP contribution in [0.15, 0.2) is 10.6 Å². The van der Waals surface area contributed by atoms with E-state index in [0.29, 0.717) is 5.25 Å². The fourth-order valence-electron chi connectivity index (χ4n) is 4.34. The van der Waals surface area contributed by atoms with E-state index in [1.165, 1.54) is 23.5 Å². The first kappa shape index (κ1) is 18.6. The Morgan fingerprint density at radius 2 is 2.08 bits per heavy atom. The van der Waals surface area contributed by atoms with Gasteiger partial charge in [-0.1, -0.05) is 18.9 Å². The predicted octanol–water partition coefficient (Wildman–Crippen LogP) is 1.22. The topological polar surface area (TPSA) is 84.3 Å². The number of thioether (sulfide) groups is 1. The van der Waals surface area contributed by atoms with Gasteiger partial charge < -0.3 is 15.1 Å². The van der Waals surface area contributed by atoms with Gasteiger partial charge in [0, 0.05) is 41.5 Å². The molecule has 0 radical (unpaired) electrons. The number of hydrogen-bond donors (Lipinski definition) is 2. The lowest BCUT2D eigenvalue weighted by molar-refractivity contribution is -0.163. The van der Waals surface area contributed by atoms with Crippen molar-refractivity contribution in [1.29, 1.82) is 0 Å². The predicted molar refractivity (Wildman–Crippen MR) is 101 cm³/mol. The molecule has 144 valence electrons. The van der Waals surface area contributed by atoms with Gasteiger partial charge in [-0.05, 0) is 19.8 Å². The number of amides is 1. The molecular weight excluding hydrogens is 374 g/mol. The molecule has 4 aliphatic heterocycles. The molecule has 0 aromatic carbocycles. The summed E-state index contributed by atoms with van der Waals surface area (Å²) >= 11 is 3.49. The number of hydrazine groups is 1. The van der Waals surface area contributed by atoms with Gasteiger partial charge in [-0.25, -0.2) is 9.80 Å². The Kier molecular flexibility index (Phi) is 5.02. The van der Waals surface area contributed by atoms with Gasteiger partial charge in [-0.3, -0.25) is 4.79 Å². The summed E-state index contributed by atoms with van der Waals surface area (Å²) in [4.78, 5) is 26.4. The first-order chi connectivity index (χ1) is 12.4. The van der Waals surface area contributed by atoms with E-state index in [0.717, 1.165) is 24.5 Å². The number of rotatable bonds is 5. The molecule has 0 aliphatic carbocycles. The number of carbonyl (C=O) groups is 2. The van der Waals surface area contributed by atoms with Crippen molar-refractivity contribution < 1.29 is 19.8 Å². The van der Waals surface area contributed by atoms with Crippen molar-refractivity contribution in [3.63, 3.8) is 0 Å². The maximum absolute atomic E-state index is 12.4. The molecule has 4 rings (SSSR count). The number of carboxylic acid groups (broad SMARTS) is 1. The SMILES string of the molecule is C[C@@H](O)[C@H]1C(=O)N2C(C(=O)O)=C(SC3CN(N4CCCCS4)C3)[C@H](C)[C@H]12. The molecule has 1 amide bonds. The van der Waals surface area contributed by atoms with Crippen LogP contribution in [0.4, 0.5) is 0 Å². The van der Waals surface area contributed by atoms with Crippen molar-refractivity contribution in [2.24, 2.45) is 11.8 Å². The standard InChI is InChI=1S/C17H25N3O4S2/c1-9-13-12(10(2)21)16(22)20(13)14(17(23)24)15(9)26-11-7-18(8-11)19-5-3-4-6-25-19/h9-13,21H,3-8H2,1-2H3,(H,23,24)/t9-,10-,12-,13-/m1/s1. The van der Waals surface area contributed by atoms with E-state index in [2.05, 4.69) is 9.42 Å². The second-order valence-corrected chi connectivity index (χ2v) is 9.93. The smallest absolute Gasteiger partial charge is 0.353 e. The fraction of sp³-hybridized carbons (Fsp3) is 0.765. The van der Waals surface area contributed by atoms with Crippen molar-refractivity contribution in [1.82, 2.24) is 14.3 Å². The van der Waals surface area contributed by atoms with Gasteiger partial charge in [0.1, 0.15) is 5.70 Å². The molecule has 7 nitrogen and oxygen atoms in total. The van der Waals surface area contributed by atoms with Crippen LogP contribution in [0.2, 0.25) is 0 Å². The number of fused-ring (bicyclic) bond motifs is 1. The van der Waals surface area contributed by atoms with Crippen LogP contribution >= 0.6 is 23.7 Å². The molecule has 0 unspecified atom stereocenters. The van der Waals surface area contributed by atoms with Gasteiger partial charge in [0.15, 0.2) is 0 Å². The zero-order chi connectivity index (χ0) is 18.6. The molecule has 9 heteroatoms. The van der Waals surface area contributed by atoms with Gasteiger partial charge >= 0.3 is 5.97 Å². The summed E-state index contributed by atoms with van der Waals surface area (Å²) in [6, 6.07) is -0.218. The lowest BCUT2D eigenvalue weighted by Gasteiger charge is -2.47. The van der Waals surface area contributed by atoms with E-state index in [9.17, 15) is 19.8 Å². The van der Waals surface area contributed by atoms with Gasteiger partial charge in [0.2, 0.25) is 5.91 Å². The largest absolute Gasteiger partial charge is 0.477 e.